The highest BCUT2D eigenvalue weighted by molar-refractivity contribution is 5.94. The maximum atomic E-state index is 13.6. The molecule has 2 saturated carbocycles. The molecule has 33 heavy (non-hydrogen) atoms. The molecule has 7 rings (SSSR count). The second kappa shape index (κ2) is 6.82. The van der Waals surface area contributed by atoms with E-state index in [2.05, 4.69) is 15.9 Å². The number of amides is 1. The summed E-state index contributed by atoms with van der Waals surface area (Å²) in [4.78, 5) is 18.2. The van der Waals surface area contributed by atoms with Crippen LogP contribution in [-0.2, 0) is 11.8 Å². The van der Waals surface area contributed by atoms with Crippen LogP contribution >= 0.6 is 0 Å². The number of hydrogen-bond acceptors (Lipinski definition) is 3. The van der Waals surface area contributed by atoms with E-state index in [0.717, 1.165) is 50.8 Å². The predicted molar refractivity (Wildman–Crippen MR) is 124 cm³/mol. The summed E-state index contributed by atoms with van der Waals surface area (Å²) in [5.74, 6) is 1.41. The molecule has 2 aliphatic heterocycles. The number of aromatic hydroxyl groups is 1. The minimum absolute atomic E-state index is 0.0178. The lowest BCUT2D eigenvalue weighted by atomic mass is 9.43. The summed E-state index contributed by atoms with van der Waals surface area (Å²) in [6.45, 7) is 1.97. The zero-order valence-electron chi connectivity index (χ0n) is 18.9. The molecule has 172 valence electrons. The molecule has 0 aromatic heterocycles. The van der Waals surface area contributed by atoms with Gasteiger partial charge in [-0.3, -0.25) is 9.69 Å². The smallest absolute Gasteiger partial charge is 0.254 e. The molecule has 0 spiro atoms. The third kappa shape index (κ3) is 2.37. The van der Waals surface area contributed by atoms with Gasteiger partial charge in [0.05, 0.1) is 0 Å². The van der Waals surface area contributed by atoms with Gasteiger partial charge < -0.3 is 10.0 Å². The molecule has 1 N–H and O–H groups in total. The minimum atomic E-state index is -0.295. The van der Waals surface area contributed by atoms with E-state index in [1.165, 1.54) is 11.1 Å². The Balaban J connectivity index is 1.36. The molecule has 6 atom stereocenters. The quantitative estimate of drug-likeness (QED) is 0.770. The van der Waals surface area contributed by atoms with E-state index in [1.807, 2.05) is 42.5 Å². The van der Waals surface area contributed by atoms with E-state index in [-0.39, 0.29) is 29.5 Å². The van der Waals surface area contributed by atoms with Crippen LogP contribution in [0.1, 0.15) is 47.2 Å². The fraction of sp³-hybridized carbons (Fsp3) is 0.536. The Labute approximate surface area is 194 Å². The highest BCUT2D eigenvalue weighted by Crippen LogP contribution is 2.75. The van der Waals surface area contributed by atoms with Gasteiger partial charge in [0.1, 0.15) is 12.4 Å². The summed E-state index contributed by atoms with van der Waals surface area (Å²) in [5.41, 5.74) is 3.56. The molecular formula is C28H31FN2O2. The number of phenols is 1. The molecule has 2 aromatic carbocycles. The lowest BCUT2D eigenvalue weighted by Crippen LogP contribution is -2.69. The van der Waals surface area contributed by atoms with Crippen LogP contribution in [0.5, 0.6) is 5.75 Å². The van der Waals surface area contributed by atoms with Crippen molar-refractivity contribution in [1.82, 2.24) is 9.80 Å². The summed E-state index contributed by atoms with van der Waals surface area (Å²) in [7, 11) is 0. The first kappa shape index (κ1) is 20.0. The van der Waals surface area contributed by atoms with Gasteiger partial charge in [-0.25, -0.2) is 4.39 Å². The standard InChI is InChI=1S/C28H31FN2O2/c29-11-13-30-12-10-28-22-15-21(32)7-6-19(22)14-24(30)27(28)9-8-23-25(28)20(16-27)17-31(23)26(33)18-4-2-1-3-5-18/h1-7,15,20,23-25,32H,8-14,16-17H2/t20-,23-,24-,25-,27-,28+/m1/s1. The van der Waals surface area contributed by atoms with E-state index in [1.54, 1.807) is 0 Å². The van der Waals surface area contributed by atoms with Crippen molar-refractivity contribution in [3.8, 4) is 5.75 Å². The Hall–Kier alpha value is -2.40. The Bertz CT molecular complexity index is 1120. The van der Waals surface area contributed by atoms with E-state index in [0.29, 0.717) is 30.2 Å². The number of phenolic OH excluding ortho intramolecular Hbond substituents is 1. The van der Waals surface area contributed by atoms with Crippen molar-refractivity contribution in [2.75, 3.05) is 26.3 Å². The third-order valence-electron chi connectivity index (χ3n) is 10.2. The average molecular weight is 447 g/mol. The van der Waals surface area contributed by atoms with Crippen LogP contribution in [0.2, 0.25) is 0 Å². The number of likely N-dealkylation sites (tertiary alicyclic amines) is 2. The highest BCUT2D eigenvalue weighted by atomic mass is 19.1. The average Bonchev–Trinajstić information content (AvgIpc) is 3.28. The summed E-state index contributed by atoms with van der Waals surface area (Å²) < 4.78 is 13.5. The number of halogens is 1. The molecule has 5 heteroatoms. The molecule has 0 radical (unpaired) electrons. The van der Waals surface area contributed by atoms with Crippen molar-refractivity contribution in [2.24, 2.45) is 17.3 Å². The van der Waals surface area contributed by atoms with E-state index in [9.17, 15) is 14.3 Å². The third-order valence-corrected chi connectivity index (χ3v) is 10.2. The van der Waals surface area contributed by atoms with E-state index >= 15 is 0 Å². The summed E-state index contributed by atoms with van der Waals surface area (Å²) in [6, 6.07) is 16.3. The normalized spacial score (nSPS) is 38.2. The number of rotatable bonds is 3. The molecule has 4 fully saturated rings. The Morgan fingerprint density at radius 2 is 2.00 bits per heavy atom. The number of fused-ring (bicyclic) bond motifs is 1. The van der Waals surface area contributed by atoms with Gasteiger partial charge in [0.25, 0.3) is 5.91 Å². The summed E-state index contributed by atoms with van der Waals surface area (Å²) in [6.07, 6.45) is 5.20. The molecule has 0 unspecified atom stereocenters. The van der Waals surface area contributed by atoms with Gasteiger partial charge in [0.15, 0.2) is 0 Å². The fourth-order valence-corrected chi connectivity index (χ4v) is 9.45. The van der Waals surface area contributed by atoms with E-state index in [4.69, 9.17) is 0 Å². The maximum absolute atomic E-state index is 13.6. The van der Waals surface area contributed by atoms with Crippen LogP contribution in [0.4, 0.5) is 4.39 Å². The first-order valence-electron chi connectivity index (χ1n) is 12.6. The zero-order chi connectivity index (χ0) is 22.4. The Morgan fingerprint density at radius 3 is 2.82 bits per heavy atom. The van der Waals surface area contributed by atoms with Crippen LogP contribution in [0.25, 0.3) is 0 Å². The molecule has 2 aromatic rings. The van der Waals surface area contributed by atoms with Gasteiger partial charge in [0.2, 0.25) is 0 Å². The second-order valence-corrected chi connectivity index (χ2v) is 11.1. The SMILES string of the molecule is O=C(c1ccccc1)N1C[C@H]2C[C@@]34CC[C@@H]1[C@@H]2[C@@]31CCN(CCF)[C@@H]4Cc2ccc(O)cc21. The number of piperidine rings is 1. The van der Waals surface area contributed by atoms with Gasteiger partial charge in [-0.2, -0.15) is 0 Å². The maximum Gasteiger partial charge on any atom is 0.254 e. The zero-order valence-corrected chi connectivity index (χ0v) is 18.9. The number of hydrogen-bond donors (Lipinski definition) is 1. The van der Waals surface area contributed by atoms with Crippen LogP contribution < -0.4 is 0 Å². The van der Waals surface area contributed by atoms with Crippen molar-refractivity contribution in [2.45, 2.75) is 49.6 Å². The number of carbonyl (C=O) groups excluding carboxylic acids is 1. The van der Waals surface area contributed by atoms with Gasteiger partial charge >= 0.3 is 0 Å². The van der Waals surface area contributed by atoms with Crippen molar-refractivity contribution >= 4 is 5.91 Å². The van der Waals surface area contributed by atoms with Crippen molar-refractivity contribution in [3.63, 3.8) is 0 Å². The lowest BCUT2D eigenvalue weighted by molar-refractivity contribution is -0.102. The highest BCUT2D eigenvalue weighted by Gasteiger charge is 2.76. The molecule has 4 nitrogen and oxygen atoms in total. The van der Waals surface area contributed by atoms with Gasteiger partial charge in [-0.1, -0.05) is 24.3 Å². The van der Waals surface area contributed by atoms with Gasteiger partial charge in [-0.05, 0) is 91.3 Å². The Kier molecular flexibility index (Phi) is 4.13. The minimum Gasteiger partial charge on any atom is -0.508 e. The molecule has 1 amide bonds. The van der Waals surface area contributed by atoms with Gasteiger partial charge in [-0.15, -0.1) is 0 Å². The fourth-order valence-electron chi connectivity index (χ4n) is 9.45. The first-order chi connectivity index (χ1) is 16.1. The van der Waals surface area contributed by atoms with Crippen molar-refractivity contribution < 1.29 is 14.3 Å². The Morgan fingerprint density at radius 1 is 1.15 bits per heavy atom. The van der Waals surface area contributed by atoms with Crippen LogP contribution in [0, 0.1) is 17.3 Å². The number of nitrogens with zero attached hydrogens (tertiary/aromatic N) is 2. The van der Waals surface area contributed by atoms with E-state index < -0.39 is 0 Å². The van der Waals surface area contributed by atoms with Crippen LogP contribution in [0.3, 0.4) is 0 Å². The number of alkyl halides is 1. The number of benzene rings is 2. The topological polar surface area (TPSA) is 43.8 Å². The second-order valence-electron chi connectivity index (χ2n) is 11.1. The molecular weight excluding hydrogens is 415 g/mol. The van der Waals surface area contributed by atoms with Gasteiger partial charge in [0, 0.05) is 36.2 Å². The van der Waals surface area contributed by atoms with Crippen LogP contribution in [0.15, 0.2) is 48.5 Å². The summed E-state index contributed by atoms with van der Waals surface area (Å²) in [5, 5.41) is 10.5. The largest absolute Gasteiger partial charge is 0.508 e. The molecule has 3 aliphatic carbocycles. The predicted octanol–water partition coefficient (Wildman–Crippen LogP) is 4.17. The first-order valence-corrected chi connectivity index (χ1v) is 12.6. The molecule has 2 heterocycles. The van der Waals surface area contributed by atoms with Crippen LogP contribution in [-0.4, -0.2) is 59.2 Å². The lowest BCUT2D eigenvalue weighted by Gasteiger charge is -2.66. The molecule has 5 aliphatic rings. The van der Waals surface area contributed by atoms with Crippen molar-refractivity contribution in [3.05, 3.63) is 65.2 Å². The number of carbonyl (C=O) groups is 1. The van der Waals surface area contributed by atoms with Crippen molar-refractivity contribution in [1.29, 1.82) is 0 Å². The monoisotopic (exact) mass is 446 g/mol. The molecule has 4 bridgehead atoms. The summed E-state index contributed by atoms with van der Waals surface area (Å²) >= 11 is 0. The molecule has 2 saturated heterocycles.